The maximum absolute atomic E-state index is 5.39. The van der Waals surface area contributed by atoms with Crippen molar-refractivity contribution in [2.75, 3.05) is 26.4 Å². The van der Waals surface area contributed by atoms with E-state index in [1.165, 1.54) is 11.1 Å². The normalized spacial score (nSPS) is 21.2. The van der Waals surface area contributed by atoms with Crippen LogP contribution in [0.4, 0.5) is 0 Å². The minimum Gasteiger partial charge on any atom is -0.375 e. The number of fused-ring (bicyclic) bond motifs is 1. The van der Waals surface area contributed by atoms with Crippen molar-refractivity contribution < 1.29 is 9.47 Å². The molecule has 1 heterocycles. The van der Waals surface area contributed by atoms with Crippen LogP contribution in [0.15, 0.2) is 36.4 Å². The predicted molar refractivity (Wildman–Crippen MR) is 66.1 cm³/mol. The summed E-state index contributed by atoms with van der Waals surface area (Å²) in [7, 11) is 0. The summed E-state index contributed by atoms with van der Waals surface area (Å²) in [5, 5.41) is 0. The largest absolute Gasteiger partial charge is 0.375 e. The first-order chi connectivity index (χ1) is 7.97. The van der Waals surface area contributed by atoms with Crippen LogP contribution >= 0.6 is 0 Å². The zero-order valence-corrected chi connectivity index (χ0v) is 9.26. The molecule has 2 rings (SSSR count). The van der Waals surface area contributed by atoms with Gasteiger partial charge >= 0.3 is 0 Å². The highest BCUT2D eigenvalue weighted by molar-refractivity contribution is 5.65. The monoisotopic (exact) mass is 216 g/mol. The van der Waals surface area contributed by atoms with Crippen molar-refractivity contribution in [3.8, 4) is 0 Å². The number of rotatable bonds is 0. The second-order valence-corrected chi connectivity index (χ2v) is 3.58. The lowest BCUT2D eigenvalue weighted by Gasteiger charge is -2.05. The van der Waals surface area contributed by atoms with E-state index in [1.807, 2.05) is 24.3 Å². The van der Waals surface area contributed by atoms with Gasteiger partial charge in [-0.05, 0) is 11.1 Å². The fraction of sp³-hybridized carbons (Fsp3) is 0.286. The zero-order valence-electron chi connectivity index (χ0n) is 9.26. The quantitative estimate of drug-likeness (QED) is 0.664. The fourth-order valence-corrected chi connectivity index (χ4v) is 1.59. The lowest BCUT2D eigenvalue weighted by atomic mass is 10.1. The summed E-state index contributed by atoms with van der Waals surface area (Å²) in [6, 6.07) is 8.28. The summed E-state index contributed by atoms with van der Waals surface area (Å²) in [6.45, 7) is 2.59. The molecule has 0 amide bonds. The van der Waals surface area contributed by atoms with Crippen LogP contribution in [0.5, 0.6) is 0 Å². The molecule has 1 aliphatic heterocycles. The van der Waals surface area contributed by atoms with Crippen molar-refractivity contribution in [3.05, 3.63) is 47.5 Å². The Bertz CT molecular complexity index is 343. The number of benzene rings is 1. The van der Waals surface area contributed by atoms with Crippen LogP contribution in [-0.2, 0) is 9.47 Å². The van der Waals surface area contributed by atoms with Crippen molar-refractivity contribution in [3.63, 3.8) is 0 Å². The average molecular weight is 216 g/mol. The fourth-order valence-electron chi connectivity index (χ4n) is 1.59. The second-order valence-electron chi connectivity index (χ2n) is 3.58. The Labute approximate surface area is 96.2 Å². The van der Waals surface area contributed by atoms with E-state index in [-0.39, 0.29) is 0 Å². The van der Waals surface area contributed by atoms with Gasteiger partial charge in [0.15, 0.2) is 0 Å². The van der Waals surface area contributed by atoms with Crippen LogP contribution in [0, 0.1) is 0 Å². The topological polar surface area (TPSA) is 18.5 Å². The molecule has 16 heavy (non-hydrogen) atoms. The Morgan fingerprint density at radius 2 is 1.25 bits per heavy atom. The molecule has 2 nitrogen and oxygen atoms in total. The van der Waals surface area contributed by atoms with Crippen molar-refractivity contribution in [2.24, 2.45) is 0 Å². The summed E-state index contributed by atoms with van der Waals surface area (Å²) in [5.41, 5.74) is 2.42. The molecule has 84 valence electrons. The van der Waals surface area contributed by atoms with Crippen molar-refractivity contribution >= 4 is 12.2 Å². The highest BCUT2D eigenvalue weighted by atomic mass is 16.5. The highest BCUT2D eigenvalue weighted by Crippen LogP contribution is 2.12. The van der Waals surface area contributed by atoms with Crippen molar-refractivity contribution in [1.82, 2.24) is 0 Å². The number of ether oxygens (including phenoxy) is 2. The standard InChI is InChI=1S/C14H16O2/c1-2-6-14-8-4-10-16-12-11-15-9-3-7-13(14)5-1/h1-8H,9-12H2/b7-3+,8-4+. The summed E-state index contributed by atoms with van der Waals surface area (Å²) >= 11 is 0. The molecule has 1 aromatic rings. The molecule has 2 heteroatoms. The molecular formula is C14H16O2. The molecule has 0 saturated carbocycles. The van der Waals surface area contributed by atoms with E-state index in [9.17, 15) is 0 Å². The van der Waals surface area contributed by atoms with Gasteiger partial charge in [0.25, 0.3) is 0 Å². The van der Waals surface area contributed by atoms with E-state index >= 15 is 0 Å². The summed E-state index contributed by atoms with van der Waals surface area (Å²) in [6.07, 6.45) is 8.27. The average Bonchev–Trinajstić information content (AvgIpc) is 2.30. The van der Waals surface area contributed by atoms with Gasteiger partial charge in [0, 0.05) is 0 Å². The van der Waals surface area contributed by atoms with E-state index in [0.717, 1.165) is 0 Å². The van der Waals surface area contributed by atoms with Gasteiger partial charge < -0.3 is 9.47 Å². The molecule has 0 radical (unpaired) electrons. The molecule has 0 saturated heterocycles. The summed E-state index contributed by atoms with van der Waals surface area (Å²) in [4.78, 5) is 0. The maximum Gasteiger partial charge on any atom is 0.0704 e. The Balaban J connectivity index is 2.19. The third-order valence-corrected chi connectivity index (χ3v) is 2.39. The lowest BCUT2D eigenvalue weighted by Crippen LogP contribution is -2.04. The SMILES string of the molecule is C1=C/c2ccccc2/C=C/COCCOC/1. The van der Waals surface area contributed by atoms with E-state index < -0.39 is 0 Å². The smallest absolute Gasteiger partial charge is 0.0704 e. The Hall–Kier alpha value is -1.38. The van der Waals surface area contributed by atoms with Gasteiger partial charge in [0.1, 0.15) is 0 Å². The highest BCUT2D eigenvalue weighted by Gasteiger charge is 1.95. The Morgan fingerprint density at radius 1 is 0.750 bits per heavy atom. The molecule has 0 N–H and O–H groups in total. The Morgan fingerprint density at radius 3 is 1.75 bits per heavy atom. The summed E-state index contributed by atoms with van der Waals surface area (Å²) < 4.78 is 10.8. The van der Waals surface area contributed by atoms with Crippen LogP contribution in [0.1, 0.15) is 11.1 Å². The number of hydrogen-bond acceptors (Lipinski definition) is 2. The van der Waals surface area contributed by atoms with Crippen molar-refractivity contribution in [1.29, 1.82) is 0 Å². The van der Waals surface area contributed by atoms with Gasteiger partial charge in [-0.15, -0.1) is 0 Å². The third kappa shape index (κ3) is 3.33. The van der Waals surface area contributed by atoms with Gasteiger partial charge in [-0.3, -0.25) is 0 Å². The first-order valence-corrected chi connectivity index (χ1v) is 5.54. The first-order valence-electron chi connectivity index (χ1n) is 5.54. The minimum atomic E-state index is 0.640. The number of hydrogen-bond donors (Lipinski definition) is 0. The van der Waals surface area contributed by atoms with Gasteiger partial charge in [-0.1, -0.05) is 48.6 Å². The van der Waals surface area contributed by atoms with Crippen LogP contribution in [0.3, 0.4) is 0 Å². The van der Waals surface area contributed by atoms with Gasteiger partial charge in [-0.25, -0.2) is 0 Å². The molecule has 0 atom stereocenters. The summed E-state index contributed by atoms with van der Waals surface area (Å²) in [5.74, 6) is 0. The van der Waals surface area contributed by atoms with Gasteiger partial charge in [-0.2, -0.15) is 0 Å². The van der Waals surface area contributed by atoms with E-state index in [0.29, 0.717) is 26.4 Å². The van der Waals surface area contributed by atoms with Gasteiger partial charge in [0.2, 0.25) is 0 Å². The molecule has 1 aliphatic rings. The Kier molecular flexibility index (Phi) is 4.35. The molecule has 0 spiro atoms. The predicted octanol–water partition coefficient (Wildman–Crippen LogP) is 2.76. The van der Waals surface area contributed by atoms with Gasteiger partial charge in [0.05, 0.1) is 26.4 Å². The first kappa shape index (κ1) is 11.1. The van der Waals surface area contributed by atoms with Crippen molar-refractivity contribution in [2.45, 2.75) is 0 Å². The third-order valence-electron chi connectivity index (χ3n) is 2.39. The molecular weight excluding hydrogens is 200 g/mol. The zero-order chi connectivity index (χ0) is 11.1. The lowest BCUT2D eigenvalue weighted by molar-refractivity contribution is 0.0712. The maximum atomic E-state index is 5.39. The van der Waals surface area contributed by atoms with Crippen LogP contribution < -0.4 is 0 Å². The van der Waals surface area contributed by atoms with E-state index in [4.69, 9.17) is 9.47 Å². The van der Waals surface area contributed by atoms with E-state index in [1.54, 1.807) is 0 Å². The molecule has 1 aromatic carbocycles. The van der Waals surface area contributed by atoms with Crippen LogP contribution in [0.2, 0.25) is 0 Å². The molecule has 0 bridgehead atoms. The second kappa shape index (κ2) is 6.26. The molecule has 0 fully saturated rings. The molecule has 0 aromatic heterocycles. The van der Waals surface area contributed by atoms with Crippen LogP contribution in [0.25, 0.3) is 12.2 Å². The molecule has 0 unspecified atom stereocenters. The molecule has 0 aliphatic carbocycles. The minimum absolute atomic E-state index is 0.640. The van der Waals surface area contributed by atoms with Crippen LogP contribution in [-0.4, -0.2) is 26.4 Å². The van der Waals surface area contributed by atoms with E-state index in [2.05, 4.69) is 24.3 Å².